The first-order valence-corrected chi connectivity index (χ1v) is 8.56. The molecule has 1 heterocycles. The number of carbonyl (C=O) groups is 1. The van der Waals surface area contributed by atoms with Crippen LogP contribution in [0.5, 0.6) is 0 Å². The zero-order chi connectivity index (χ0) is 15.1. The van der Waals surface area contributed by atoms with Gasteiger partial charge in [-0.15, -0.1) is 11.3 Å². The Kier molecular flexibility index (Phi) is 6.42. The quantitative estimate of drug-likeness (QED) is 0.731. The number of carbonyl (C=O) groups excluding carboxylic acids is 1. The first-order valence-electron chi connectivity index (χ1n) is 6.95. The van der Waals surface area contributed by atoms with Gasteiger partial charge in [-0.3, -0.25) is 4.79 Å². The van der Waals surface area contributed by atoms with Crippen molar-refractivity contribution in [2.75, 3.05) is 13.1 Å². The lowest BCUT2D eigenvalue weighted by molar-refractivity contribution is -0.118. The fourth-order valence-electron chi connectivity index (χ4n) is 1.97. The minimum absolute atomic E-state index is 0.0336. The molecule has 1 aromatic carbocycles. The minimum atomic E-state index is 0.0336. The Labute approximate surface area is 137 Å². The van der Waals surface area contributed by atoms with Crippen LogP contribution in [-0.4, -0.2) is 19.0 Å². The molecule has 1 amide bonds. The molecule has 2 aromatic rings. The van der Waals surface area contributed by atoms with Crippen LogP contribution >= 0.6 is 27.3 Å². The molecule has 5 heteroatoms. The van der Waals surface area contributed by atoms with E-state index in [2.05, 4.69) is 56.9 Å². The SMILES string of the molecule is CC(=O)NCCCNCc1ccc(-c2ccccc2Br)s1. The monoisotopic (exact) mass is 366 g/mol. The van der Waals surface area contributed by atoms with Crippen molar-refractivity contribution in [3.63, 3.8) is 0 Å². The van der Waals surface area contributed by atoms with E-state index < -0.39 is 0 Å². The topological polar surface area (TPSA) is 41.1 Å². The van der Waals surface area contributed by atoms with Gasteiger partial charge in [0.15, 0.2) is 0 Å². The summed E-state index contributed by atoms with van der Waals surface area (Å²) in [7, 11) is 0. The molecule has 0 aliphatic carbocycles. The number of nitrogens with one attached hydrogen (secondary N) is 2. The van der Waals surface area contributed by atoms with E-state index in [1.807, 2.05) is 6.07 Å². The van der Waals surface area contributed by atoms with Gasteiger partial charge in [-0.1, -0.05) is 34.1 Å². The van der Waals surface area contributed by atoms with Gasteiger partial charge in [-0.2, -0.15) is 0 Å². The second-order valence-electron chi connectivity index (χ2n) is 4.76. The number of thiophene rings is 1. The van der Waals surface area contributed by atoms with Gasteiger partial charge in [0.2, 0.25) is 5.91 Å². The summed E-state index contributed by atoms with van der Waals surface area (Å²) in [5.41, 5.74) is 1.24. The molecule has 0 saturated heterocycles. The van der Waals surface area contributed by atoms with Gasteiger partial charge in [0.1, 0.15) is 0 Å². The van der Waals surface area contributed by atoms with Gasteiger partial charge in [0, 0.05) is 39.8 Å². The van der Waals surface area contributed by atoms with Crippen LogP contribution in [0.15, 0.2) is 40.9 Å². The van der Waals surface area contributed by atoms with E-state index in [-0.39, 0.29) is 5.91 Å². The van der Waals surface area contributed by atoms with Crippen molar-refractivity contribution in [1.29, 1.82) is 0 Å². The van der Waals surface area contributed by atoms with Crippen LogP contribution in [0.25, 0.3) is 10.4 Å². The van der Waals surface area contributed by atoms with E-state index >= 15 is 0 Å². The van der Waals surface area contributed by atoms with E-state index in [0.29, 0.717) is 0 Å². The molecule has 0 unspecified atom stereocenters. The molecule has 1 aromatic heterocycles. The number of amides is 1. The maximum Gasteiger partial charge on any atom is 0.216 e. The van der Waals surface area contributed by atoms with Crippen molar-refractivity contribution in [2.24, 2.45) is 0 Å². The zero-order valence-corrected chi connectivity index (χ0v) is 14.4. The van der Waals surface area contributed by atoms with E-state index in [1.54, 1.807) is 18.3 Å². The average Bonchev–Trinajstić information content (AvgIpc) is 2.91. The van der Waals surface area contributed by atoms with Crippen molar-refractivity contribution < 1.29 is 4.79 Å². The normalized spacial score (nSPS) is 10.6. The molecular formula is C16H19BrN2OS. The highest BCUT2D eigenvalue weighted by Crippen LogP contribution is 2.33. The van der Waals surface area contributed by atoms with Gasteiger partial charge in [0.25, 0.3) is 0 Å². The molecular weight excluding hydrogens is 348 g/mol. The van der Waals surface area contributed by atoms with Crippen molar-refractivity contribution in [2.45, 2.75) is 19.9 Å². The summed E-state index contributed by atoms with van der Waals surface area (Å²) >= 11 is 5.40. The molecule has 0 radical (unpaired) electrons. The molecule has 2 N–H and O–H groups in total. The lowest BCUT2D eigenvalue weighted by atomic mass is 10.2. The third kappa shape index (κ3) is 5.26. The van der Waals surface area contributed by atoms with Gasteiger partial charge >= 0.3 is 0 Å². The van der Waals surface area contributed by atoms with Crippen molar-refractivity contribution in [3.05, 3.63) is 45.7 Å². The van der Waals surface area contributed by atoms with Crippen LogP contribution in [0.1, 0.15) is 18.2 Å². The third-order valence-electron chi connectivity index (χ3n) is 3.00. The number of benzene rings is 1. The van der Waals surface area contributed by atoms with Crippen LogP contribution in [0.4, 0.5) is 0 Å². The Morgan fingerprint density at radius 2 is 2.00 bits per heavy atom. The summed E-state index contributed by atoms with van der Waals surface area (Å²) < 4.78 is 1.13. The van der Waals surface area contributed by atoms with E-state index in [9.17, 15) is 4.79 Å². The summed E-state index contributed by atoms with van der Waals surface area (Å²) in [5, 5.41) is 6.20. The highest BCUT2D eigenvalue weighted by Gasteiger charge is 2.05. The number of halogens is 1. The van der Waals surface area contributed by atoms with Gasteiger partial charge in [-0.05, 0) is 31.2 Å². The zero-order valence-electron chi connectivity index (χ0n) is 12.0. The van der Waals surface area contributed by atoms with Crippen molar-refractivity contribution >= 4 is 33.2 Å². The molecule has 3 nitrogen and oxygen atoms in total. The second-order valence-corrected chi connectivity index (χ2v) is 6.78. The number of hydrogen-bond donors (Lipinski definition) is 2. The Hall–Kier alpha value is -1.17. The number of hydrogen-bond acceptors (Lipinski definition) is 3. The largest absolute Gasteiger partial charge is 0.356 e. The van der Waals surface area contributed by atoms with Crippen LogP contribution in [0, 0.1) is 0 Å². The van der Waals surface area contributed by atoms with Crippen LogP contribution < -0.4 is 10.6 Å². The van der Waals surface area contributed by atoms with E-state index in [0.717, 1.165) is 30.5 Å². The first-order chi connectivity index (χ1) is 10.2. The summed E-state index contributed by atoms with van der Waals surface area (Å²) in [6.07, 6.45) is 0.946. The lowest BCUT2D eigenvalue weighted by Gasteiger charge is -2.04. The maximum atomic E-state index is 10.7. The van der Waals surface area contributed by atoms with E-state index in [1.165, 1.54) is 15.3 Å². The lowest BCUT2D eigenvalue weighted by Crippen LogP contribution is -2.24. The average molecular weight is 367 g/mol. The molecule has 112 valence electrons. The van der Waals surface area contributed by atoms with Gasteiger partial charge in [0.05, 0.1) is 0 Å². The first kappa shape index (κ1) is 16.2. The molecule has 0 bridgehead atoms. The Bertz CT molecular complexity index is 597. The smallest absolute Gasteiger partial charge is 0.216 e. The molecule has 0 atom stereocenters. The van der Waals surface area contributed by atoms with Crippen LogP contribution in [-0.2, 0) is 11.3 Å². The highest BCUT2D eigenvalue weighted by atomic mass is 79.9. The minimum Gasteiger partial charge on any atom is -0.356 e. The van der Waals surface area contributed by atoms with E-state index in [4.69, 9.17) is 0 Å². The summed E-state index contributed by atoms with van der Waals surface area (Å²) in [4.78, 5) is 13.3. The summed E-state index contributed by atoms with van der Waals surface area (Å²) in [6, 6.07) is 12.6. The number of rotatable bonds is 7. The molecule has 0 saturated carbocycles. The van der Waals surface area contributed by atoms with Gasteiger partial charge in [-0.25, -0.2) is 0 Å². The molecule has 21 heavy (non-hydrogen) atoms. The Morgan fingerprint density at radius 1 is 1.19 bits per heavy atom. The predicted octanol–water partition coefficient (Wildman–Crippen LogP) is 3.79. The van der Waals surface area contributed by atoms with Crippen LogP contribution in [0.2, 0.25) is 0 Å². The summed E-state index contributed by atoms with van der Waals surface area (Å²) in [5.74, 6) is 0.0336. The standard InChI is InChI=1S/C16H19BrN2OS/c1-12(20)19-10-4-9-18-11-13-7-8-16(21-13)14-5-2-3-6-15(14)17/h2-3,5-8,18H,4,9-11H2,1H3,(H,19,20). The second kappa shape index (κ2) is 8.32. The Balaban J connectivity index is 1.79. The Morgan fingerprint density at radius 3 is 2.76 bits per heavy atom. The van der Waals surface area contributed by atoms with Crippen LogP contribution in [0.3, 0.4) is 0 Å². The molecule has 0 spiro atoms. The third-order valence-corrected chi connectivity index (χ3v) is 4.81. The predicted molar refractivity (Wildman–Crippen MR) is 92.5 cm³/mol. The molecule has 0 fully saturated rings. The molecule has 0 aliphatic rings. The van der Waals surface area contributed by atoms with Gasteiger partial charge < -0.3 is 10.6 Å². The summed E-state index contributed by atoms with van der Waals surface area (Å²) in [6.45, 7) is 4.05. The molecule has 0 aliphatic heterocycles. The fraction of sp³-hybridized carbons (Fsp3) is 0.312. The van der Waals surface area contributed by atoms with Crippen molar-refractivity contribution in [1.82, 2.24) is 10.6 Å². The fourth-order valence-corrected chi connectivity index (χ4v) is 3.61. The highest BCUT2D eigenvalue weighted by molar-refractivity contribution is 9.10. The van der Waals surface area contributed by atoms with Crippen molar-refractivity contribution in [3.8, 4) is 10.4 Å². The maximum absolute atomic E-state index is 10.7. The molecule has 2 rings (SSSR count).